The number of rotatable bonds is 4. The van der Waals surface area contributed by atoms with Gasteiger partial charge in [-0.2, -0.15) is 0 Å². The molecular weight excluding hydrogens is 176 g/mol. The van der Waals surface area contributed by atoms with Crippen LogP contribution in [0.3, 0.4) is 0 Å². The Morgan fingerprint density at radius 2 is 2.21 bits per heavy atom. The highest BCUT2D eigenvalue weighted by Gasteiger charge is 2.24. The van der Waals surface area contributed by atoms with Crippen LogP contribution < -0.4 is 5.32 Å². The van der Waals surface area contributed by atoms with E-state index < -0.39 is 0 Å². The van der Waals surface area contributed by atoms with Gasteiger partial charge in [0.25, 0.3) is 0 Å². The molecule has 0 aromatic carbocycles. The minimum Gasteiger partial charge on any atom is -0.395 e. The molecule has 14 heavy (non-hydrogen) atoms. The average molecular weight is 200 g/mol. The fourth-order valence-electron chi connectivity index (χ4n) is 2.25. The lowest BCUT2D eigenvalue weighted by Gasteiger charge is -2.38. The van der Waals surface area contributed by atoms with Crippen LogP contribution in [0.15, 0.2) is 0 Å². The molecule has 1 aliphatic rings. The van der Waals surface area contributed by atoms with Gasteiger partial charge in [0.2, 0.25) is 0 Å². The molecule has 0 bridgehead atoms. The lowest BCUT2D eigenvalue weighted by Crippen LogP contribution is -2.48. The Bertz CT molecular complexity index is 159. The molecule has 3 nitrogen and oxygen atoms in total. The zero-order chi connectivity index (χ0) is 10.6. The number of nitrogens with one attached hydrogen (secondary N) is 1. The van der Waals surface area contributed by atoms with Crippen molar-refractivity contribution < 1.29 is 5.11 Å². The number of hydrogen-bond acceptors (Lipinski definition) is 3. The maximum absolute atomic E-state index is 9.11. The molecule has 0 aromatic rings. The predicted octanol–water partition coefficient (Wildman–Crippen LogP) is 0.687. The molecule has 2 N–H and O–H groups in total. The fourth-order valence-corrected chi connectivity index (χ4v) is 2.25. The van der Waals surface area contributed by atoms with Gasteiger partial charge < -0.3 is 10.4 Å². The second kappa shape index (κ2) is 5.69. The Morgan fingerprint density at radius 3 is 2.71 bits per heavy atom. The van der Waals surface area contributed by atoms with Gasteiger partial charge in [-0.25, -0.2) is 0 Å². The van der Waals surface area contributed by atoms with Gasteiger partial charge >= 0.3 is 0 Å². The van der Waals surface area contributed by atoms with Crippen molar-refractivity contribution in [3.8, 4) is 0 Å². The summed E-state index contributed by atoms with van der Waals surface area (Å²) in [5, 5.41) is 12.2. The van der Waals surface area contributed by atoms with E-state index in [4.69, 9.17) is 5.11 Å². The van der Waals surface area contributed by atoms with Crippen molar-refractivity contribution in [1.29, 1.82) is 0 Å². The SMILES string of the molecule is CNC(CO)CN1CCC(C)CC1C. The number of piperidine rings is 1. The van der Waals surface area contributed by atoms with Gasteiger partial charge in [-0.1, -0.05) is 6.92 Å². The predicted molar refractivity (Wildman–Crippen MR) is 59.4 cm³/mol. The summed E-state index contributed by atoms with van der Waals surface area (Å²) in [6, 6.07) is 0.895. The minimum absolute atomic E-state index is 0.228. The molecule has 0 aromatic heterocycles. The van der Waals surface area contributed by atoms with E-state index in [-0.39, 0.29) is 12.6 Å². The van der Waals surface area contributed by atoms with E-state index >= 15 is 0 Å². The van der Waals surface area contributed by atoms with Gasteiger partial charge in [-0.15, -0.1) is 0 Å². The van der Waals surface area contributed by atoms with Gasteiger partial charge in [0.15, 0.2) is 0 Å². The topological polar surface area (TPSA) is 35.5 Å². The molecule has 0 amide bonds. The lowest BCUT2D eigenvalue weighted by atomic mass is 9.93. The highest BCUT2D eigenvalue weighted by atomic mass is 16.3. The third kappa shape index (κ3) is 3.23. The van der Waals surface area contributed by atoms with Crippen molar-refractivity contribution in [2.24, 2.45) is 5.92 Å². The second-order valence-corrected chi connectivity index (χ2v) is 4.64. The zero-order valence-corrected chi connectivity index (χ0v) is 9.66. The summed E-state index contributed by atoms with van der Waals surface area (Å²) < 4.78 is 0. The number of likely N-dealkylation sites (N-methyl/N-ethyl adjacent to an activating group) is 1. The van der Waals surface area contributed by atoms with Crippen LogP contribution in [0, 0.1) is 5.92 Å². The molecule has 1 fully saturated rings. The van der Waals surface area contributed by atoms with Crippen molar-refractivity contribution in [2.75, 3.05) is 26.7 Å². The van der Waals surface area contributed by atoms with Crippen LogP contribution in [0.1, 0.15) is 26.7 Å². The molecule has 3 atom stereocenters. The number of aliphatic hydroxyl groups is 1. The Kier molecular flexibility index (Phi) is 4.85. The number of nitrogens with zero attached hydrogens (tertiary/aromatic N) is 1. The zero-order valence-electron chi connectivity index (χ0n) is 9.66. The van der Waals surface area contributed by atoms with Gasteiger partial charge in [0.1, 0.15) is 0 Å². The van der Waals surface area contributed by atoms with E-state index in [1.54, 1.807) is 0 Å². The van der Waals surface area contributed by atoms with Crippen molar-refractivity contribution in [3.05, 3.63) is 0 Å². The summed E-state index contributed by atoms with van der Waals surface area (Å²) in [7, 11) is 1.91. The maximum Gasteiger partial charge on any atom is 0.0597 e. The first-order valence-corrected chi connectivity index (χ1v) is 5.69. The molecule has 3 heteroatoms. The number of likely N-dealkylation sites (tertiary alicyclic amines) is 1. The standard InChI is InChI=1S/C11H24N2O/c1-9-4-5-13(10(2)6-9)7-11(8-14)12-3/h9-12,14H,4-8H2,1-3H3. The molecule has 1 aliphatic heterocycles. The smallest absolute Gasteiger partial charge is 0.0597 e. The van der Waals surface area contributed by atoms with Crippen molar-refractivity contribution in [1.82, 2.24) is 10.2 Å². The molecule has 1 heterocycles. The van der Waals surface area contributed by atoms with Crippen LogP contribution in [0.2, 0.25) is 0 Å². The molecule has 1 rings (SSSR count). The first-order valence-electron chi connectivity index (χ1n) is 5.69. The molecule has 1 saturated heterocycles. The number of hydrogen-bond donors (Lipinski definition) is 2. The van der Waals surface area contributed by atoms with Crippen LogP contribution in [0.5, 0.6) is 0 Å². The average Bonchev–Trinajstić information content (AvgIpc) is 2.17. The normalized spacial score (nSPS) is 31.7. The summed E-state index contributed by atoms with van der Waals surface area (Å²) in [5.74, 6) is 0.864. The Hall–Kier alpha value is -0.120. The quantitative estimate of drug-likeness (QED) is 0.701. The van der Waals surface area contributed by atoms with Gasteiger partial charge in [0, 0.05) is 18.6 Å². The first-order chi connectivity index (χ1) is 6.67. The Morgan fingerprint density at radius 1 is 1.50 bits per heavy atom. The second-order valence-electron chi connectivity index (χ2n) is 4.64. The fraction of sp³-hybridized carbons (Fsp3) is 1.00. The molecule has 84 valence electrons. The molecule has 0 radical (unpaired) electrons. The maximum atomic E-state index is 9.11. The van der Waals surface area contributed by atoms with E-state index in [1.807, 2.05) is 7.05 Å². The Labute approximate surface area is 87.5 Å². The van der Waals surface area contributed by atoms with Crippen LogP contribution in [0.4, 0.5) is 0 Å². The lowest BCUT2D eigenvalue weighted by molar-refractivity contribution is 0.103. The highest BCUT2D eigenvalue weighted by Crippen LogP contribution is 2.21. The van der Waals surface area contributed by atoms with Crippen LogP contribution in [-0.2, 0) is 0 Å². The molecule has 0 saturated carbocycles. The van der Waals surface area contributed by atoms with Crippen molar-refractivity contribution >= 4 is 0 Å². The highest BCUT2D eigenvalue weighted by molar-refractivity contribution is 4.80. The molecular formula is C11H24N2O. The van der Waals surface area contributed by atoms with Crippen LogP contribution in [-0.4, -0.2) is 48.8 Å². The third-order valence-corrected chi connectivity index (χ3v) is 3.36. The first kappa shape index (κ1) is 12.0. The largest absolute Gasteiger partial charge is 0.395 e. The molecule has 3 unspecified atom stereocenters. The van der Waals surface area contributed by atoms with Gasteiger partial charge in [-0.05, 0) is 39.3 Å². The summed E-state index contributed by atoms with van der Waals surface area (Å²) in [6.07, 6.45) is 2.59. The van der Waals surface area contributed by atoms with E-state index in [9.17, 15) is 0 Å². The molecule has 0 spiro atoms. The summed E-state index contributed by atoms with van der Waals surface area (Å²) >= 11 is 0. The minimum atomic E-state index is 0.228. The summed E-state index contributed by atoms with van der Waals surface area (Å²) in [5.41, 5.74) is 0. The van der Waals surface area contributed by atoms with E-state index in [0.29, 0.717) is 6.04 Å². The van der Waals surface area contributed by atoms with Gasteiger partial charge in [-0.3, -0.25) is 4.90 Å². The van der Waals surface area contributed by atoms with E-state index in [0.717, 1.165) is 12.5 Å². The number of aliphatic hydroxyl groups excluding tert-OH is 1. The van der Waals surface area contributed by atoms with Gasteiger partial charge in [0.05, 0.1) is 6.61 Å². The molecule has 0 aliphatic carbocycles. The Balaban J connectivity index is 2.36. The monoisotopic (exact) mass is 200 g/mol. The summed E-state index contributed by atoms with van der Waals surface area (Å²) in [6.45, 7) is 7.01. The third-order valence-electron chi connectivity index (χ3n) is 3.36. The van der Waals surface area contributed by atoms with E-state index in [1.165, 1.54) is 19.4 Å². The van der Waals surface area contributed by atoms with Crippen LogP contribution >= 0.6 is 0 Å². The summed E-state index contributed by atoms with van der Waals surface area (Å²) in [4.78, 5) is 2.48. The van der Waals surface area contributed by atoms with Crippen LogP contribution in [0.25, 0.3) is 0 Å². The van der Waals surface area contributed by atoms with Crippen molar-refractivity contribution in [2.45, 2.75) is 38.8 Å². The van der Waals surface area contributed by atoms with Crippen molar-refractivity contribution in [3.63, 3.8) is 0 Å². The van der Waals surface area contributed by atoms with E-state index in [2.05, 4.69) is 24.1 Å².